The molecule has 0 radical (unpaired) electrons. The van der Waals surface area contributed by atoms with Crippen LogP contribution >= 0.6 is 24.0 Å². The van der Waals surface area contributed by atoms with Crippen molar-refractivity contribution in [1.82, 2.24) is 5.06 Å². The lowest BCUT2D eigenvalue weighted by Gasteiger charge is -2.39. The van der Waals surface area contributed by atoms with Gasteiger partial charge in [0.1, 0.15) is 0 Å². The predicted octanol–water partition coefficient (Wildman–Crippen LogP) is 4.65. The number of aliphatic hydroxyl groups is 1. The lowest BCUT2D eigenvalue weighted by Crippen LogP contribution is -2.40. The minimum Gasteiger partial charge on any atom is -0.479 e. The zero-order valence-corrected chi connectivity index (χ0v) is 20.3. The van der Waals surface area contributed by atoms with E-state index in [0.29, 0.717) is 23.8 Å². The molecule has 0 aliphatic carbocycles. The van der Waals surface area contributed by atoms with E-state index >= 15 is 0 Å². The molecule has 0 unspecified atom stereocenters. The molecule has 3 atom stereocenters. The number of rotatable bonds is 10. The molecule has 0 heterocycles. The maximum absolute atomic E-state index is 12.3. The third-order valence-corrected chi connectivity index (χ3v) is 9.17. The maximum atomic E-state index is 12.3. The van der Waals surface area contributed by atoms with Crippen molar-refractivity contribution in [2.24, 2.45) is 0 Å². The molecule has 158 valence electrons. The number of aliphatic hydroxyl groups excluding tert-OH is 1. The number of hydrogen-bond acceptors (Lipinski definition) is 6. The van der Waals surface area contributed by atoms with Crippen molar-refractivity contribution in [1.29, 1.82) is 0 Å². The number of ether oxygens (including phenoxy) is 1. The molecule has 0 aliphatic heterocycles. The number of hydrogen-bond donors (Lipinski definition) is 1. The van der Waals surface area contributed by atoms with Crippen LogP contribution in [0.3, 0.4) is 0 Å². The van der Waals surface area contributed by atoms with Gasteiger partial charge >= 0.3 is 0 Å². The van der Waals surface area contributed by atoms with Gasteiger partial charge in [0.15, 0.2) is 0 Å². The minimum absolute atomic E-state index is 0.000966. The van der Waals surface area contributed by atoms with Gasteiger partial charge in [-0.15, -0.1) is 0 Å². The Labute approximate surface area is 179 Å². The molecule has 8 heteroatoms. The summed E-state index contributed by atoms with van der Waals surface area (Å²) in [5.41, 5.74) is 0.891. The van der Waals surface area contributed by atoms with E-state index in [-0.39, 0.29) is 16.7 Å². The summed E-state index contributed by atoms with van der Waals surface area (Å²) in [6, 6.07) is 9.71. The van der Waals surface area contributed by atoms with Crippen molar-refractivity contribution in [2.75, 3.05) is 20.8 Å². The first-order valence-corrected chi connectivity index (χ1v) is 14.3. The Balaban J connectivity index is 3.14. The van der Waals surface area contributed by atoms with Gasteiger partial charge in [-0.1, -0.05) is 61.7 Å². The number of thiocarbonyl (C=S) groups is 1. The topological polar surface area (TPSA) is 59.0 Å². The number of thioether (sulfide) groups is 1. The number of amides is 1. The highest BCUT2D eigenvalue weighted by Crippen LogP contribution is 2.45. The summed E-state index contributed by atoms with van der Waals surface area (Å²) in [6.45, 7) is 9.12. The summed E-state index contributed by atoms with van der Waals surface area (Å²) < 4.78 is 5.97. The molecule has 1 aromatic rings. The molecule has 1 rings (SSSR count). The van der Waals surface area contributed by atoms with Gasteiger partial charge in [-0.25, -0.2) is 5.06 Å². The van der Waals surface area contributed by atoms with Crippen LogP contribution in [-0.4, -0.2) is 54.5 Å². The molecule has 0 spiro atoms. The molecule has 1 amide bonds. The molecule has 1 aromatic carbocycles. The predicted molar refractivity (Wildman–Crippen MR) is 123 cm³/mol. The quantitative estimate of drug-likeness (QED) is 0.323. The largest absolute Gasteiger partial charge is 0.479 e. The summed E-state index contributed by atoms with van der Waals surface area (Å²) in [4.78, 5) is 17.3. The van der Waals surface area contributed by atoms with Crippen LogP contribution in [0.5, 0.6) is 0 Å². The lowest BCUT2D eigenvalue weighted by atomic mass is 10.0. The van der Waals surface area contributed by atoms with Crippen molar-refractivity contribution < 1.29 is 19.5 Å². The highest BCUT2D eigenvalue weighted by Gasteiger charge is 2.40. The van der Waals surface area contributed by atoms with Gasteiger partial charge in [-0.3, -0.25) is 9.63 Å². The van der Waals surface area contributed by atoms with Crippen LogP contribution in [0, 0.1) is 0 Å². The van der Waals surface area contributed by atoms with E-state index in [1.54, 1.807) is 7.05 Å². The van der Waals surface area contributed by atoms with E-state index in [4.69, 9.17) is 21.8 Å². The number of carbonyl (C=O) groups is 1. The molecular formula is C20H33NO4S2Si. The average Bonchev–Trinajstić information content (AvgIpc) is 2.64. The summed E-state index contributed by atoms with van der Waals surface area (Å²) in [5, 5.41) is 12.5. The van der Waals surface area contributed by atoms with Gasteiger partial charge in [-0.05, 0) is 36.7 Å². The fourth-order valence-electron chi connectivity index (χ4n) is 3.20. The van der Waals surface area contributed by atoms with Crippen molar-refractivity contribution in [2.45, 2.75) is 56.3 Å². The molecule has 5 nitrogen and oxygen atoms in total. The third kappa shape index (κ3) is 7.83. The standard InChI is InChI=1S/C20H33NO4S2Si/c1-7-25-20(26)27-16(13-14-17(22)21(2)24-3)19(28(4,5)6)18(23)15-11-9-8-10-12-15/h8-12,16,18-19,23H,7,13-14H2,1-6H3/t16-,18-,19+/m0/s1. The Morgan fingerprint density at radius 3 is 2.39 bits per heavy atom. The Bertz CT molecular complexity index is 624. The van der Waals surface area contributed by atoms with Gasteiger partial charge in [0.05, 0.1) is 27.9 Å². The van der Waals surface area contributed by atoms with Crippen molar-refractivity contribution in [3.8, 4) is 0 Å². The summed E-state index contributed by atoms with van der Waals surface area (Å²) >= 11 is 6.84. The van der Waals surface area contributed by atoms with E-state index < -0.39 is 14.2 Å². The molecule has 0 aliphatic rings. The van der Waals surface area contributed by atoms with E-state index in [1.807, 2.05) is 37.3 Å². The number of benzene rings is 1. The van der Waals surface area contributed by atoms with Gasteiger partial charge in [-0.2, -0.15) is 0 Å². The highest BCUT2D eigenvalue weighted by atomic mass is 32.2. The summed E-state index contributed by atoms with van der Waals surface area (Å²) in [7, 11) is 1.24. The fourth-order valence-corrected chi connectivity index (χ4v) is 8.51. The van der Waals surface area contributed by atoms with Crippen LogP contribution in [0.4, 0.5) is 0 Å². The van der Waals surface area contributed by atoms with E-state index in [2.05, 4.69) is 19.6 Å². The third-order valence-electron chi connectivity index (χ3n) is 4.66. The van der Waals surface area contributed by atoms with Crippen LogP contribution < -0.4 is 0 Å². The van der Waals surface area contributed by atoms with Gasteiger partial charge in [0, 0.05) is 18.7 Å². The number of nitrogens with zero attached hydrogens (tertiary/aromatic N) is 1. The maximum Gasteiger partial charge on any atom is 0.245 e. The van der Waals surface area contributed by atoms with Crippen molar-refractivity contribution >= 4 is 42.3 Å². The van der Waals surface area contributed by atoms with Gasteiger partial charge in [0.2, 0.25) is 10.3 Å². The number of carbonyl (C=O) groups excluding carboxylic acids is 1. The van der Waals surface area contributed by atoms with Crippen LogP contribution in [-0.2, 0) is 14.4 Å². The van der Waals surface area contributed by atoms with E-state index in [0.717, 1.165) is 5.56 Å². The van der Waals surface area contributed by atoms with Gasteiger partial charge in [0.25, 0.3) is 0 Å². The van der Waals surface area contributed by atoms with Crippen LogP contribution in [0.15, 0.2) is 30.3 Å². The normalized spacial score (nSPS) is 14.8. The first kappa shape index (κ1) is 25.1. The average molecular weight is 444 g/mol. The Hall–Kier alpha value is -0.933. The zero-order valence-electron chi connectivity index (χ0n) is 17.7. The molecule has 0 aromatic heterocycles. The lowest BCUT2D eigenvalue weighted by molar-refractivity contribution is -0.168. The Morgan fingerprint density at radius 1 is 1.29 bits per heavy atom. The molecule has 1 N–H and O–H groups in total. The molecular weight excluding hydrogens is 410 g/mol. The monoisotopic (exact) mass is 443 g/mol. The zero-order chi connectivity index (χ0) is 21.3. The van der Waals surface area contributed by atoms with Crippen molar-refractivity contribution in [3.05, 3.63) is 35.9 Å². The minimum atomic E-state index is -1.84. The van der Waals surface area contributed by atoms with Crippen LogP contribution in [0.2, 0.25) is 25.2 Å². The second kappa shape index (κ2) is 11.9. The SMILES string of the molecule is CCOC(=S)S[C@@H](CCC(=O)N(C)OC)[C@H]([C@@H](O)c1ccccc1)[Si](C)(C)C. The van der Waals surface area contributed by atoms with E-state index in [1.165, 1.54) is 23.9 Å². The van der Waals surface area contributed by atoms with Crippen molar-refractivity contribution in [3.63, 3.8) is 0 Å². The Kier molecular flexibility index (Phi) is 10.7. The highest BCUT2D eigenvalue weighted by molar-refractivity contribution is 8.23. The summed E-state index contributed by atoms with van der Waals surface area (Å²) in [6.07, 6.45) is 0.285. The second-order valence-corrected chi connectivity index (χ2v) is 14.9. The first-order valence-electron chi connectivity index (χ1n) is 9.48. The summed E-state index contributed by atoms with van der Waals surface area (Å²) in [5.74, 6) is -0.0982. The van der Waals surface area contributed by atoms with Gasteiger partial charge < -0.3 is 9.84 Å². The molecule has 0 bridgehead atoms. The smallest absolute Gasteiger partial charge is 0.245 e. The molecule has 0 saturated heterocycles. The van der Waals surface area contributed by atoms with Crippen LogP contribution in [0.1, 0.15) is 31.4 Å². The molecule has 28 heavy (non-hydrogen) atoms. The van der Waals surface area contributed by atoms with E-state index in [9.17, 15) is 9.90 Å². The number of hydroxylamine groups is 2. The van der Waals surface area contributed by atoms with Crippen LogP contribution in [0.25, 0.3) is 0 Å². The second-order valence-electron chi connectivity index (χ2n) is 7.70. The molecule has 0 fully saturated rings. The first-order chi connectivity index (χ1) is 13.1. The molecule has 0 saturated carbocycles. The Morgan fingerprint density at radius 2 is 1.89 bits per heavy atom. The fraction of sp³-hybridized carbons (Fsp3) is 0.600.